The van der Waals surface area contributed by atoms with Crippen LogP contribution in [0, 0.1) is 0 Å². The molecule has 20 heavy (non-hydrogen) atoms. The summed E-state index contributed by atoms with van der Waals surface area (Å²) in [6.07, 6.45) is 0.848. The number of aromatic nitrogens is 2. The van der Waals surface area contributed by atoms with Crippen LogP contribution in [0.15, 0.2) is 24.3 Å². The van der Waals surface area contributed by atoms with E-state index in [1.807, 2.05) is 36.0 Å². The molecule has 0 bridgehead atoms. The van der Waals surface area contributed by atoms with Gasteiger partial charge in [-0.2, -0.15) is 5.10 Å². The molecular weight excluding hydrogens is 272 g/mol. The van der Waals surface area contributed by atoms with Crippen LogP contribution < -0.4 is 10.6 Å². The zero-order valence-corrected chi connectivity index (χ0v) is 13.0. The third-order valence-electron chi connectivity index (χ3n) is 3.48. The summed E-state index contributed by atoms with van der Waals surface area (Å²) >= 11 is 6.41. The van der Waals surface area contributed by atoms with Crippen molar-refractivity contribution in [3.05, 3.63) is 40.7 Å². The molecular formula is C15H21ClN4. The number of hydrogen-bond donors (Lipinski definition) is 1. The summed E-state index contributed by atoms with van der Waals surface area (Å²) in [5.74, 6) is 0. The van der Waals surface area contributed by atoms with E-state index in [0.29, 0.717) is 0 Å². The molecule has 2 rings (SSSR count). The lowest BCUT2D eigenvalue weighted by atomic mass is 10.2. The van der Waals surface area contributed by atoms with E-state index in [4.69, 9.17) is 17.3 Å². The molecule has 1 aromatic carbocycles. The molecule has 0 fully saturated rings. The molecule has 0 aliphatic rings. The van der Waals surface area contributed by atoms with Crippen LogP contribution in [-0.4, -0.2) is 16.3 Å². The minimum absolute atomic E-state index is 0.739. The van der Waals surface area contributed by atoms with Gasteiger partial charge in [0.2, 0.25) is 0 Å². The first-order chi connectivity index (χ1) is 9.56. The number of nitrogens with zero attached hydrogens (tertiary/aromatic N) is 3. The van der Waals surface area contributed by atoms with E-state index in [1.165, 1.54) is 0 Å². The summed E-state index contributed by atoms with van der Waals surface area (Å²) in [4.78, 5) is 2.25. The lowest BCUT2D eigenvalue weighted by molar-refractivity contribution is 0.678. The van der Waals surface area contributed by atoms with Crippen molar-refractivity contribution in [2.75, 3.05) is 17.2 Å². The minimum Gasteiger partial charge on any atom is -0.399 e. The molecule has 0 saturated carbocycles. The molecule has 1 aromatic heterocycles. The van der Waals surface area contributed by atoms with Gasteiger partial charge in [0.05, 0.1) is 23.0 Å². The maximum Gasteiger partial charge on any atom is 0.0868 e. The number of benzene rings is 1. The summed E-state index contributed by atoms with van der Waals surface area (Å²) in [6.45, 7) is 5.83. The third-order valence-corrected chi connectivity index (χ3v) is 3.92. The Morgan fingerprint density at radius 1 is 1.25 bits per heavy atom. The Kier molecular flexibility index (Phi) is 4.55. The molecule has 108 valence electrons. The Labute approximate surface area is 125 Å². The highest BCUT2D eigenvalue weighted by atomic mass is 35.5. The van der Waals surface area contributed by atoms with Crippen molar-refractivity contribution in [3.8, 4) is 0 Å². The van der Waals surface area contributed by atoms with Crippen molar-refractivity contribution in [2.24, 2.45) is 7.05 Å². The normalized spacial score (nSPS) is 10.8. The van der Waals surface area contributed by atoms with Crippen molar-refractivity contribution in [2.45, 2.75) is 26.8 Å². The number of hydrogen-bond acceptors (Lipinski definition) is 3. The zero-order valence-electron chi connectivity index (χ0n) is 12.2. The van der Waals surface area contributed by atoms with E-state index < -0.39 is 0 Å². The van der Waals surface area contributed by atoms with Crippen LogP contribution in [0.25, 0.3) is 0 Å². The lowest BCUT2D eigenvalue weighted by Crippen LogP contribution is -2.23. The second kappa shape index (κ2) is 6.18. The van der Waals surface area contributed by atoms with Gasteiger partial charge in [0.1, 0.15) is 0 Å². The van der Waals surface area contributed by atoms with Gasteiger partial charge in [0.15, 0.2) is 0 Å². The van der Waals surface area contributed by atoms with Gasteiger partial charge in [0.25, 0.3) is 0 Å². The average Bonchev–Trinajstić information content (AvgIpc) is 2.72. The van der Waals surface area contributed by atoms with Gasteiger partial charge >= 0.3 is 0 Å². The Bertz CT molecular complexity index is 574. The maximum absolute atomic E-state index is 6.41. The van der Waals surface area contributed by atoms with E-state index in [0.717, 1.165) is 47.3 Å². The predicted octanol–water partition coefficient (Wildman–Crippen LogP) is 3.24. The first kappa shape index (κ1) is 14.7. The molecule has 2 aromatic rings. The van der Waals surface area contributed by atoms with E-state index in [-0.39, 0.29) is 0 Å². The van der Waals surface area contributed by atoms with Crippen LogP contribution in [0.1, 0.15) is 25.2 Å². The quantitative estimate of drug-likeness (QED) is 0.861. The molecule has 0 amide bonds. The number of nitrogens with two attached hydrogens (primary N) is 1. The number of halogens is 1. The van der Waals surface area contributed by atoms with Crippen LogP contribution in [0.2, 0.25) is 5.02 Å². The number of aryl methyl sites for hydroxylation is 2. The molecule has 4 nitrogen and oxygen atoms in total. The molecule has 5 heteroatoms. The molecule has 1 heterocycles. The first-order valence-corrected chi connectivity index (χ1v) is 7.25. The standard InChI is InChI=1S/C15H21ClN4/c1-4-13-15(16)14(19(3)18-13)10-20(5-2)12-8-6-11(17)7-9-12/h6-9H,4-5,10,17H2,1-3H3. The van der Waals surface area contributed by atoms with Crippen molar-refractivity contribution in [1.82, 2.24) is 9.78 Å². The van der Waals surface area contributed by atoms with Gasteiger partial charge in [-0.05, 0) is 37.6 Å². The average molecular weight is 293 g/mol. The fourth-order valence-electron chi connectivity index (χ4n) is 2.24. The Hall–Kier alpha value is -1.68. The molecule has 0 atom stereocenters. The van der Waals surface area contributed by atoms with E-state index >= 15 is 0 Å². The van der Waals surface area contributed by atoms with Gasteiger partial charge < -0.3 is 10.6 Å². The molecule has 0 aliphatic carbocycles. The Morgan fingerprint density at radius 3 is 2.40 bits per heavy atom. The van der Waals surface area contributed by atoms with Gasteiger partial charge in [-0.1, -0.05) is 18.5 Å². The monoisotopic (exact) mass is 292 g/mol. The molecule has 0 unspecified atom stereocenters. The second-order valence-corrected chi connectivity index (χ2v) is 5.17. The van der Waals surface area contributed by atoms with Gasteiger partial charge in [0, 0.05) is 25.0 Å². The SMILES string of the molecule is CCc1nn(C)c(CN(CC)c2ccc(N)cc2)c1Cl. The largest absolute Gasteiger partial charge is 0.399 e. The van der Waals surface area contributed by atoms with Crippen molar-refractivity contribution >= 4 is 23.0 Å². The molecule has 2 N–H and O–H groups in total. The van der Waals surface area contributed by atoms with Crippen LogP contribution in [0.3, 0.4) is 0 Å². The van der Waals surface area contributed by atoms with Gasteiger partial charge in [-0.3, -0.25) is 4.68 Å². The zero-order chi connectivity index (χ0) is 14.7. The third kappa shape index (κ3) is 2.90. The predicted molar refractivity (Wildman–Crippen MR) is 85.2 cm³/mol. The topological polar surface area (TPSA) is 47.1 Å². The van der Waals surface area contributed by atoms with Crippen molar-refractivity contribution in [1.29, 1.82) is 0 Å². The lowest BCUT2D eigenvalue weighted by Gasteiger charge is -2.23. The molecule has 0 spiro atoms. The highest BCUT2D eigenvalue weighted by molar-refractivity contribution is 6.31. The molecule has 0 radical (unpaired) electrons. The van der Waals surface area contributed by atoms with E-state index in [1.54, 1.807) is 0 Å². The summed E-state index contributed by atoms with van der Waals surface area (Å²) in [5.41, 5.74) is 9.65. The maximum atomic E-state index is 6.41. The number of rotatable bonds is 5. The number of nitrogen functional groups attached to an aromatic ring is 1. The van der Waals surface area contributed by atoms with Crippen LogP contribution in [0.5, 0.6) is 0 Å². The molecule has 0 saturated heterocycles. The summed E-state index contributed by atoms with van der Waals surface area (Å²) in [7, 11) is 1.94. The number of anilines is 2. The van der Waals surface area contributed by atoms with Gasteiger partial charge in [-0.25, -0.2) is 0 Å². The van der Waals surface area contributed by atoms with E-state index in [2.05, 4.69) is 23.8 Å². The Morgan fingerprint density at radius 2 is 1.90 bits per heavy atom. The minimum atomic E-state index is 0.739. The summed E-state index contributed by atoms with van der Waals surface area (Å²) < 4.78 is 1.88. The van der Waals surface area contributed by atoms with Crippen LogP contribution >= 0.6 is 11.6 Å². The fourth-order valence-corrected chi connectivity index (χ4v) is 2.60. The van der Waals surface area contributed by atoms with E-state index in [9.17, 15) is 0 Å². The smallest absolute Gasteiger partial charge is 0.0868 e. The van der Waals surface area contributed by atoms with Crippen LogP contribution in [-0.2, 0) is 20.0 Å². The van der Waals surface area contributed by atoms with Gasteiger partial charge in [-0.15, -0.1) is 0 Å². The molecule has 0 aliphatic heterocycles. The Balaban J connectivity index is 2.26. The summed E-state index contributed by atoms with van der Waals surface area (Å²) in [5, 5.41) is 5.24. The second-order valence-electron chi connectivity index (χ2n) is 4.79. The van der Waals surface area contributed by atoms with Crippen molar-refractivity contribution in [3.63, 3.8) is 0 Å². The highest BCUT2D eigenvalue weighted by Crippen LogP contribution is 2.25. The van der Waals surface area contributed by atoms with Crippen molar-refractivity contribution < 1.29 is 0 Å². The fraction of sp³-hybridized carbons (Fsp3) is 0.400. The first-order valence-electron chi connectivity index (χ1n) is 6.87. The summed E-state index contributed by atoms with van der Waals surface area (Å²) in [6, 6.07) is 7.90. The highest BCUT2D eigenvalue weighted by Gasteiger charge is 2.16. The van der Waals surface area contributed by atoms with Crippen LogP contribution in [0.4, 0.5) is 11.4 Å².